The van der Waals surface area contributed by atoms with Crippen molar-refractivity contribution >= 4 is 21.7 Å². The van der Waals surface area contributed by atoms with Gasteiger partial charge in [0.05, 0.1) is 5.75 Å². The first-order valence-corrected chi connectivity index (χ1v) is 10.5. The Balaban J connectivity index is 2.27. The highest BCUT2D eigenvalue weighted by Crippen LogP contribution is 2.32. The maximum Gasteiger partial charge on any atom is 0.341 e. The van der Waals surface area contributed by atoms with Gasteiger partial charge in [0.25, 0.3) is 5.91 Å². The molecular weight excluding hydrogens is 358 g/mol. The van der Waals surface area contributed by atoms with Gasteiger partial charge in [0.2, 0.25) is 0 Å². The van der Waals surface area contributed by atoms with Gasteiger partial charge in [-0.25, -0.2) is 13.2 Å². The fourth-order valence-corrected chi connectivity index (χ4v) is 4.22. The quantitative estimate of drug-likeness (QED) is 0.735. The summed E-state index contributed by atoms with van der Waals surface area (Å²) in [7, 11) is -3.20. The molecule has 1 fully saturated rings. The lowest BCUT2D eigenvalue weighted by Crippen LogP contribution is -2.43. The number of ether oxygens (including phenoxy) is 1. The molecule has 0 heterocycles. The second-order valence-corrected chi connectivity index (χ2v) is 9.19. The van der Waals surface area contributed by atoms with Crippen LogP contribution in [0.25, 0.3) is 0 Å². The van der Waals surface area contributed by atoms with Crippen LogP contribution in [-0.4, -0.2) is 61.0 Å². The molecule has 1 atom stereocenters. The van der Waals surface area contributed by atoms with Crippen LogP contribution in [0.1, 0.15) is 41.3 Å². The molecule has 0 aromatic heterocycles. The van der Waals surface area contributed by atoms with Crippen LogP contribution in [0.4, 0.5) is 0 Å². The number of amides is 1. The zero-order valence-corrected chi connectivity index (χ0v) is 16.3. The van der Waals surface area contributed by atoms with Crippen molar-refractivity contribution in [2.24, 2.45) is 0 Å². The Kier molecular flexibility index (Phi) is 5.95. The monoisotopic (exact) mass is 383 g/mol. The van der Waals surface area contributed by atoms with Crippen LogP contribution in [0.2, 0.25) is 0 Å². The van der Waals surface area contributed by atoms with E-state index in [1.807, 2.05) is 0 Å². The Labute approximate surface area is 153 Å². The number of nitrogens with zero attached hydrogens (tertiary/aromatic N) is 1. The Hall–Kier alpha value is -2.09. The number of aryl methyl sites for hydroxylation is 2. The lowest BCUT2D eigenvalue weighted by atomic mass is 10.0. The first-order valence-electron chi connectivity index (χ1n) is 8.46. The summed E-state index contributed by atoms with van der Waals surface area (Å²) in [6.07, 6.45) is 2.91. The van der Waals surface area contributed by atoms with Gasteiger partial charge in [-0.15, -0.1) is 0 Å². The third-order valence-corrected chi connectivity index (χ3v) is 5.33. The first kappa shape index (κ1) is 20.2. The standard InChI is InChI=1S/C18H25NO6S/c1-11-7-14(8-12(2)17(11)25-9-16(20)21)18(22)19(15-5-6-15)13(3)10-26(4,23)24/h7-8,13,15H,5-6,9-10H2,1-4H3,(H,20,21). The largest absolute Gasteiger partial charge is 0.481 e. The summed E-state index contributed by atoms with van der Waals surface area (Å²) in [5.41, 5.74) is 1.79. The zero-order valence-electron chi connectivity index (χ0n) is 15.5. The van der Waals surface area contributed by atoms with Gasteiger partial charge in [0, 0.05) is 23.9 Å². The molecule has 1 aromatic carbocycles. The van der Waals surface area contributed by atoms with Gasteiger partial charge in [-0.1, -0.05) is 0 Å². The van der Waals surface area contributed by atoms with E-state index in [1.165, 1.54) is 6.26 Å². The van der Waals surface area contributed by atoms with Crippen molar-refractivity contribution in [3.05, 3.63) is 28.8 Å². The molecule has 144 valence electrons. The summed E-state index contributed by atoms with van der Waals surface area (Å²) in [4.78, 5) is 25.4. The molecule has 8 heteroatoms. The number of hydrogen-bond acceptors (Lipinski definition) is 5. The van der Waals surface area contributed by atoms with E-state index < -0.39 is 28.5 Å². The van der Waals surface area contributed by atoms with Gasteiger partial charge >= 0.3 is 5.97 Å². The van der Waals surface area contributed by atoms with E-state index in [0.29, 0.717) is 22.4 Å². The molecule has 0 spiro atoms. The molecule has 1 aliphatic rings. The van der Waals surface area contributed by atoms with Gasteiger partial charge in [-0.2, -0.15) is 0 Å². The number of carboxylic acid groups (broad SMARTS) is 1. The number of sulfone groups is 1. The highest BCUT2D eigenvalue weighted by molar-refractivity contribution is 7.90. The predicted molar refractivity (Wildman–Crippen MR) is 97.4 cm³/mol. The van der Waals surface area contributed by atoms with Crippen LogP contribution in [0.3, 0.4) is 0 Å². The molecule has 1 aromatic rings. The third-order valence-electron chi connectivity index (χ3n) is 4.24. The van der Waals surface area contributed by atoms with E-state index in [1.54, 1.807) is 37.8 Å². The van der Waals surface area contributed by atoms with Crippen molar-refractivity contribution in [3.8, 4) is 5.75 Å². The van der Waals surface area contributed by atoms with E-state index in [9.17, 15) is 18.0 Å². The van der Waals surface area contributed by atoms with Gasteiger partial charge in [-0.3, -0.25) is 4.79 Å². The fourth-order valence-electron chi connectivity index (χ4n) is 3.18. The van der Waals surface area contributed by atoms with Crippen LogP contribution < -0.4 is 4.74 Å². The molecule has 2 rings (SSSR count). The summed E-state index contributed by atoms with van der Waals surface area (Å²) in [6, 6.07) is 2.99. The number of carboxylic acids is 1. The summed E-state index contributed by atoms with van der Waals surface area (Å²) in [5.74, 6) is -0.906. The molecule has 1 amide bonds. The fraction of sp³-hybridized carbons (Fsp3) is 0.556. The maximum absolute atomic E-state index is 13.0. The number of hydrogen-bond donors (Lipinski definition) is 1. The van der Waals surface area contributed by atoms with Gasteiger partial charge in [0.15, 0.2) is 6.61 Å². The minimum atomic E-state index is -3.20. The highest BCUT2D eigenvalue weighted by atomic mass is 32.2. The van der Waals surface area contributed by atoms with Crippen molar-refractivity contribution in [3.63, 3.8) is 0 Å². The van der Waals surface area contributed by atoms with E-state index in [4.69, 9.17) is 9.84 Å². The van der Waals surface area contributed by atoms with E-state index in [-0.39, 0.29) is 17.7 Å². The predicted octanol–water partition coefficient (Wildman–Crippen LogP) is 1.80. The Morgan fingerprint density at radius 1 is 1.27 bits per heavy atom. The summed E-state index contributed by atoms with van der Waals surface area (Å²) in [5, 5.41) is 8.76. The minimum Gasteiger partial charge on any atom is -0.481 e. The Bertz CT molecular complexity index is 790. The molecule has 0 bridgehead atoms. The summed E-state index contributed by atoms with van der Waals surface area (Å²) < 4.78 is 28.5. The molecule has 0 aliphatic heterocycles. The summed E-state index contributed by atoms with van der Waals surface area (Å²) >= 11 is 0. The molecule has 7 nitrogen and oxygen atoms in total. The Morgan fingerprint density at radius 3 is 2.23 bits per heavy atom. The van der Waals surface area contributed by atoms with Crippen LogP contribution >= 0.6 is 0 Å². The van der Waals surface area contributed by atoms with Crippen LogP contribution in [0.15, 0.2) is 12.1 Å². The molecule has 0 radical (unpaired) electrons. The summed E-state index contributed by atoms with van der Waals surface area (Å²) in [6.45, 7) is 4.81. The third kappa shape index (κ3) is 5.20. The van der Waals surface area contributed by atoms with Crippen molar-refractivity contribution in [1.82, 2.24) is 4.90 Å². The Morgan fingerprint density at radius 2 is 1.81 bits per heavy atom. The van der Waals surface area contributed by atoms with Gasteiger partial charge < -0.3 is 14.7 Å². The van der Waals surface area contributed by atoms with Crippen molar-refractivity contribution in [2.45, 2.75) is 45.7 Å². The lowest BCUT2D eigenvalue weighted by Gasteiger charge is -2.29. The molecule has 26 heavy (non-hydrogen) atoms. The van der Waals surface area contributed by atoms with Crippen molar-refractivity contribution in [1.29, 1.82) is 0 Å². The topological polar surface area (TPSA) is 101 Å². The van der Waals surface area contributed by atoms with Crippen LogP contribution in [-0.2, 0) is 14.6 Å². The van der Waals surface area contributed by atoms with Gasteiger partial charge in [-0.05, 0) is 56.9 Å². The van der Waals surface area contributed by atoms with E-state index in [0.717, 1.165) is 12.8 Å². The van der Waals surface area contributed by atoms with Crippen molar-refractivity contribution in [2.75, 3.05) is 18.6 Å². The minimum absolute atomic E-state index is 0.0720. The number of carbonyl (C=O) groups is 2. The van der Waals surface area contributed by atoms with Crippen molar-refractivity contribution < 1.29 is 27.9 Å². The SMILES string of the molecule is Cc1cc(C(=O)N(C(C)CS(C)(=O)=O)C2CC2)cc(C)c1OCC(=O)O. The van der Waals surface area contributed by atoms with E-state index >= 15 is 0 Å². The average Bonchev–Trinajstić information content (AvgIpc) is 3.28. The number of carbonyl (C=O) groups excluding carboxylic acids is 1. The molecule has 1 N–H and O–H groups in total. The molecule has 0 saturated heterocycles. The average molecular weight is 383 g/mol. The number of benzene rings is 1. The number of aliphatic carboxylic acids is 1. The van der Waals surface area contributed by atoms with Crippen LogP contribution in [0, 0.1) is 13.8 Å². The van der Waals surface area contributed by atoms with E-state index in [2.05, 4.69) is 0 Å². The lowest BCUT2D eigenvalue weighted by molar-refractivity contribution is -0.139. The zero-order chi connectivity index (χ0) is 19.6. The second-order valence-electron chi connectivity index (χ2n) is 7.01. The molecule has 1 saturated carbocycles. The number of rotatable bonds is 8. The second kappa shape index (κ2) is 7.65. The van der Waals surface area contributed by atoms with Crippen LogP contribution in [0.5, 0.6) is 5.75 Å². The smallest absolute Gasteiger partial charge is 0.341 e. The highest BCUT2D eigenvalue weighted by Gasteiger charge is 2.37. The maximum atomic E-state index is 13.0. The van der Waals surface area contributed by atoms with Gasteiger partial charge in [0.1, 0.15) is 15.6 Å². The molecule has 1 unspecified atom stereocenters. The molecular formula is C18H25NO6S. The normalized spacial score (nSPS) is 15.4. The first-order chi connectivity index (χ1) is 12.0. The molecule has 1 aliphatic carbocycles.